The number of hydrogen-bond acceptors (Lipinski definition) is 3. The molecule has 1 aromatic heterocycles. The summed E-state index contributed by atoms with van der Waals surface area (Å²) in [5, 5.41) is 0.793. The van der Waals surface area contributed by atoms with Gasteiger partial charge in [-0.15, -0.1) is 0 Å². The highest BCUT2D eigenvalue weighted by molar-refractivity contribution is 6.14. The minimum Gasteiger partial charge on any atom is -0.493 e. The van der Waals surface area contributed by atoms with Crippen molar-refractivity contribution in [3.8, 4) is 11.5 Å². The van der Waals surface area contributed by atoms with Crippen LogP contribution in [-0.4, -0.2) is 25.1 Å². The van der Waals surface area contributed by atoms with E-state index in [1.165, 1.54) is 0 Å². The second kappa shape index (κ2) is 8.10. The highest BCUT2D eigenvalue weighted by Gasteiger charge is 2.22. The van der Waals surface area contributed by atoms with E-state index in [2.05, 4.69) is 4.98 Å². The summed E-state index contributed by atoms with van der Waals surface area (Å²) in [4.78, 5) is 18.6. The molecule has 0 radical (unpaired) electrons. The first-order valence-corrected chi connectivity index (χ1v) is 9.35. The van der Waals surface area contributed by atoms with Gasteiger partial charge >= 0.3 is 0 Å². The standard InChI is InChI=1S/C24H22N2O3/c1-28-22-13-19-20(15-25-21(19)14-23(22)29-2)24(27)26(18-11-7-4-8-12-18)16-17-9-5-3-6-10-17/h3-15,25H,16H2,1-2H3. The Morgan fingerprint density at radius 1 is 0.897 bits per heavy atom. The number of H-pyrrole nitrogens is 1. The number of para-hydroxylation sites is 1. The van der Waals surface area contributed by atoms with Gasteiger partial charge in [0.25, 0.3) is 5.91 Å². The summed E-state index contributed by atoms with van der Waals surface area (Å²) in [6.45, 7) is 0.476. The highest BCUT2D eigenvalue weighted by Crippen LogP contribution is 2.34. The maximum absolute atomic E-state index is 13.6. The Hall–Kier alpha value is -3.73. The zero-order valence-electron chi connectivity index (χ0n) is 16.4. The summed E-state index contributed by atoms with van der Waals surface area (Å²) in [6.07, 6.45) is 1.74. The largest absolute Gasteiger partial charge is 0.493 e. The number of aromatic nitrogens is 1. The van der Waals surface area contributed by atoms with E-state index in [9.17, 15) is 4.79 Å². The summed E-state index contributed by atoms with van der Waals surface area (Å²) in [5.41, 5.74) is 3.31. The molecule has 4 aromatic rings. The summed E-state index contributed by atoms with van der Waals surface area (Å²) in [5.74, 6) is 1.12. The van der Waals surface area contributed by atoms with Crippen molar-refractivity contribution in [2.45, 2.75) is 6.54 Å². The van der Waals surface area contributed by atoms with Crippen LogP contribution in [0.15, 0.2) is 79.0 Å². The normalized spacial score (nSPS) is 10.7. The summed E-state index contributed by atoms with van der Waals surface area (Å²) < 4.78 is 10.8. The second-order valence-electron chi connectivity index (χ2n) is 6.67. The molecule has 0 atom stereocenters. The molecule has 5 nitrogen and oxygen atoms in total. The maximum Gasteiger partial charge on any atom is 0.260 e. The zero-order chi connectivity index (χ0) is 20.2. The summed E-state index contributed by atoms with van der Waals surface area (Å²) in [6, 6.07) is 23.3. The van der Waals surface area contributed by atoms with Gasteiger partial charge in [-0.05, 0) is 23.8 Å². The van der Waals surface area contributed by atoms with Crippen LogP contribution in [0.25, 0.3) is 10.9 Å². The van der Waals surface area contributed by atoms with Gasteiger partial charge in [-0.1, -0.05) is 48.5 Å². The first kappa shape index (κ1) is 18.6. The Labute approximate surface area is 169 Å². The molecule has 0 saturated carbocycles. The van der Waals surface area contributed by atoms with Gasteiger partial charge in [-0.3, -0.25) is 4.79 Å². The molecule has 146 valence electrons. The molecule has 0 saturated heterocycles. The topological polar surface area (TPSA) is 54.6 Å². The number of aromatic amines is 1. The van der Waals surface area contributed by atoms with Gasteiger partial charge in [0.05, 0.1) is 31.8 Å². The molecule has 29 heavy (non-hydrogen) atoms. The number of amides is 1. The number of fused-ring (bicyclic) bond motifs is 1. The fourth-order valence-corrected chi connectivity index (χ4v) is 3.43. The molecule has 1 amide bonds. The van der Waals surface area contributed by atoms with E-state index in [0.717, 1.165) is 22.2 Å². The van der Waals surface area contributed by atoms with Crippen molar-refractivity contribution < 1.29 is 14.3 Å². The van der Waals surface area contributed by atoms with Gasteiger partial charge in [-0.2, -0.15) is 0 Å². The van der Waals surface area contributed by atoms with Crippen molar-refractivity contribution in [3.05, 3.63) is 90.1 Å². The third-order valence-electron chi connectivity index (χ3n) is 4.91. The molecule has 0 aliphatic carbocycles. The molecule has 3 aromatic carbocycles. The molecule has 1 heterocycles. The van der Waals surface area contributed by atoms with Crippen molar-refractivity contribution >= 4 is 22.5 Å². The molecule has 0 aliphatic heterocycles. The Morgan fingerprint density at radius 2 is 1.52 bits per heavy atom. The Bertz CT molecular complexity index is 1120. The molecule has 5 heteroatoms. The van der Waals surface area contributed by atoms with Crippen LogP contribution in [0.4, 0.5) is 5.69 Å². The zero-order valence-corrected chi connectivity index (χ0v) is 16.4. The number of rotatable bonds is 6. The van der Waals surface area contributed by atoms with E-state index >= 15 is 0 Å². The molecular weight excluding hydrogens is 364 g/mol. The first-order chi connectivity index (χ1) is 14.2. The number of nitrogens with zero attached hydrogens (tertiary/aromatic N) is 1. The monoisotopic (exact) mass is 386 g/mol. The Morgan fingerprint density at radius 3 is 2.17 bits per heavy atom. The van der Waals surface area contributed by atoms with Crippen LogP contribution in [0.3, 0.4) is 0 Å². The highest BCUT2D eigenvalue weighted by atomic mass is 16.5. The van der Waals surface area contributed by atoms with Gasteiger partial charge in [0.2, 0.25) is 0 Å². The number of carbonyl (C=O) groups is 1. The van der Waals surface area contributed by atoms with Crippen LogP contribution in [0, 0.1) is 0 Å². The van der Waals surface area contributed by atoms with Crippen LogP contribution in [0.2, 0.25) is 0 Å². The molecular formula is C24H22N2O3. The molecule has 0 aliphatic rings. The maximum atomic E-state index is 13.6. The number of nitrogens with one attached hydrogen (secondary N) is 1. The number of benzene rings is 3. The summed E-state index contributed by atoms with van der Waals surface area (Å²) in [7, 11) is 3.18. The first-order valence-electron chi connectivity index (χ1n) is 9.35. The van der Waals surface area contributed by atoms with Crippen molar-refractivity contribution in [1.82, 2.24) is 4.98 Å². The number of methoxy groups -OCH3 is 2. The minimum atomic E-state index is -0.0847. The molecule has 0 bridgehead atoms. The lowest BCUT2D eigenvalue weighted by atomic mass is 10.1. The average molecular weight is 386 g/mol. The van der Waals surface area contributed by atoms with E-state index in [1.54, 1.807) is 25.3 Å². The van der Waals surface area contributed by atoms with Crippen molar-refractivity contribution in [2.75, 3.05) is 19.1 Å². The second-order valence-corrected chi connectivity index (χ2v) is 6.67. The van der Waals surface area contributed by atoms with Gasteiger partial charge in [0.1, 0.15) is 0 Å². The SMILES string of the molecule is COc1cc2[nH]cc(C(=O)N(Cc3ccccc3)c3ccccc3)c2cc1OC. The molecule has 0 unspecified atom stereocenters. The fourth-order valence-electron chi connectivity index (χ4n) is 3.43. The molecule has 0 fully saturated rings. The van der Waals surface area contributed by atoms with Gasteiger partial charge in [0, 0.05) is 23.3 Å². The Kier molecular flexibility index (Phi) is 5.20. The van der Waals surface area contributed by atoms with Crippen molar-refractivity contribution in [1.29, 1.82) is 0 Å². The lowest BCUT2D eigenvalue weighted by Gasteiger charge is -2.23. The third kappa shape index (κ3) is 3.67. The van der Waals surface area contributed by atoms with Gasteiger partial charge in [0.15, 0.2) is 11.5 Å². The molecule has 4 rings (SSSR count). The average Bonchev–Trinajstić information content (AvgIpc) is 3.20. The van der Waals surface area contributed by atoms with Crippen LogP contribution in [0.5, 0.6) is 11.5 Å². The van der Waals surface area contributed by atoms with E-state index < -0.39 is 0 Å². The van der Waals surface area contributed by atoms with Crippen LogP contribution >= 0.6 is 0 Å². The van der Waals surface area contributed by atoms with E-state index in [1.807, 2.05) is 72.8 Å². The van der Waals surface area contributed by atoms with Crippen LogP contribution in [0.1, 0.15) is 15.9 Å². The number of anilines is 1. The fraction of sp³-hybridized carbons (Fsp3) is 0.125. The predicted octanol–water partition coefficient (Wildman–Crippen LogP) is 5.03. The number of ether oxygens (including phenoxy) is 2. The lowest BCUT2D eigenvalue weighted by molar-refractivity contribution is 0.0986. The smallest absolute Gasteiger partial charge is 0.260 e. The van der Waals surface area contributed by atoms with E-state index in [-0.39, 0.29) is 5.91 Å². The van der Waals surface area contributed by atoms with Crippen LogP contribution < -0.4 is 14.4 Å². The van der Waals surface area contributed by atoms with Crippen molar-refractivity contribution in [3.63, 3.8) is 0 Å². The number of hydrogen-bond donors (Lipinski definition) is 1. The van der Waals surface area contributed by atoms with Gasteiger partial charge in [-0.25, -0.2) is 0 Å². The minimum absolute atomic E-state index is 0.0847. The number of carbonyl (C=O) groups excluding carboxylic acids is 1. The quantitative estimate of drug-likeness (QED) is 0.505. The van der Waals surface area contributed by atoms with Crippen LogP contribution in [-0.2, 0) is 6.54 Å². The van der Waals surface area contributed by atoms with Crippen molar-refractivity contribution in [2.24, 2.45) is 0 Å². The third-order valence-corrected chi connectivity index (χ3v) is 4.91. The van der Waals surface area contributed by atoms with E-state index in [4.69, 9.17) is 9.47 Å². The summed E-state index contributed by atoms with van der Waals surface area (Å²) >= 11 is 0. The Balaban J connectivity index is 1.78. The molecule has 1 N–H and O–H groups in total. The predicted molar refractivity (Wildman–Crippen MR) is 115 cm³/mol. The lowest BCUT2D eigenvalue weighted by Crippen LogP contribution is -2.30. The molecule has 0 spiro atoms. The van der Waals surface area contributed by atoms with E-state index in [0.29, 0.717) is 23.6 Å². The van der Waals surface area contributed by atoms with Gasteiger partial charge < -0.3 is 19.4 Å².